The van der Waals surface area contributed by atoms with Crippen LogP contribution in [0.2, 0.25) is 10.0 Å². The summed E-state index contributed by atoms with van der Waals surface area (Å²) in [6.07, 6.45) is 0. The molecular formula is C20H20Cl2N4OS. The summed E-state index contributed by atoms with van der Waals surface area (Å²) >= 11 is 13.4. The van der Waals surface area contributed by atoms with Crippen molar-refractivity contribution < 1.29 is 4.79 Å². The smallest absolute Gasteiger partial charge is 0.234 e. The van der Waals surface area contributed by atoms with Crippen molar-refractivity contribution in [2.24, 2.45) is 7.05 Å². The highest BCUT2D eigenvalue weighted by molar-refractivity contribution is 7.99. The summed E-state index contributed by atoms with van der Waals surface area (Å²) in [5.41, 5.74) is 2.75. The van der Waals surface area contributed by atoms with Gasteiger partial charge in [-0.2, -0.15) is 0 Å². The Morgan fingerprint density at radius 3 is 2.54 bits per heavy atom. The zero-order chi connectivity index (χ0) is 20.3. The van der Waals surface area contributed by atoms with E-state index in [-0.39, 0.29) is 11.7 Å². The third kappa shape index (κ3) is 4.69. The molecular weight excluding hydrogens is 415 g/mol. The summed E-state index contributed by atoms with van der Waals surface area (Å²) in [5, 5.41) is 12.6. The molecule has 0 aliphatic heterocycles. The molecule has 0 aliphatic rings. The van der Waals surface area contributed by atoms with Crippen LogP contribution in [0.5, 0.6) is 0 Å². The molecule has 2 aromatic carbocycles. The maximum absolute atomic E-state index is 12.2. The Morgan fingerprint density at radius 2 is 1.86 bits per heavy atom. The molecule has 0 aliphatic carbocycles. The average molecular weight is 435 g/mol. The van der Waals surface area contributed by atoms with E-state index < -0.39 is 0 Å². The number of hydrogen-bond acceptors (Lipinski definition) is 4. The van der Waals surface area contributed by atoms with E-state index >= 15 is 0 Å². The Balaban J connectivity index is 1.65. The molecule has 0 atom stereocenters. The molecule has 28 heavy (non-hydrogen) atoms. The van der Waals surface area contributed by atoms with Gasteiger partial charge in [0.2, 0.25) is 5.91 Å². The van der Waals surface area contributed by atoms with Crippen LogP contribution in [-0.2, 0) is 11.8 Å². The topological polar surface area (TPSA) is 59.8 Å². The molecule has 1 N–H and O–H groups in total. The Kier molecular flexibility index (Phi) is 6.65. The fourth-order valence-electron chi connectivity index (χ4n) is 2.63. The molecule has 146 valence electrons. The number of rotatable bonds is 6. The third-order valence-electron chi connectivity index (χ3n) is 4.23. The van der Waals surface area contributed by atoms with Crippen molar-refractivity contribution in [2.45, 2.75) is 24.9 Å². The monoisotopic (exact) mass is 434 g/mol. The largest absolute Gasteiger partial charge is 0.324 e. The van der Waals surface area contributed by atoms with Gasteiger partial charge in [-0.3, -0.25) is 4.79 Å². The molecule has 3 rings (SSSR count). The lowest BCUT2D eigenvalue weighted by Crippen LogP contribution is -2.14. The molecule has 0 fully saturated rings. The first-order valence-electron chi connectivity index (χ1n) is 8.73. The molecule has 5 nitrogen and oxygen atoms in total. The number of carbonyl (C=O) groups is 1. The Labute approximate surface area is 178 Å². The Morgan fingerprint density at radius 1 is 1.14 bits per heavy atom. The van der Waals surface area contributed by atoms with Gasteiger partial charge in [0, 0.05) is 12.6 Å². The Hall–Kier alpha value is -2.02. The van der Waals surface area contributed by atoms with Crippen molar-refractivity contribution in [1.82, 2.24) is 14.8 Å². The third-order valence-corrected chi connectivity index (χ3v) is 6.07. The van der Waals surface area contributed by atoms with Gasteiger partial charge in [-0.15, -0.1) is 10.2 Å². The summed E-state index contributed by atoms with van der Waals surface area (Å²) in [6, 6.07) is 13.4. The summed E-state index contributed by atoms with van der Waals surface area (Å²) < 4.78 is 1.88. The minimum Gasteiger partial charge on any atom is -0.324 e. The van der Waals surface area contributed by atoms with E-state index in [1.165, 1.54) is 17.3 Å². The van der Waals surface area contributed by atoms with E-state index in [2.05, 4.69) is 41.5 Å². The summed E-state index contributed by atoms with van der Waals surface area (Å²) in [4.78, 5) is 12.2. The minimum absolute atomic E-state index is 0.182. The lowest BCUT2D eigenvalue weighted by molar-refractivity contribution is -0.113. The van der Waals surface area contributed by atoms with Crippen LogP contribution in [0.4, 0.5) is 5.69 Å². The van der Waals surface area contributed by atoms with Gasteiger partial charge in [0.1, 0.15) is 0 Å². The molecule has 1 aromatic heterocycles. The second-order valence-electron chi connectivity index (χ2n) is 6.58. The van der Waals surface area contributed by atoms with Crippen molar-refractivity contribution in [3.8, 4) is 11.4 Å². The van der Waals surface area contributed by atoms with Crippen molar-refractivity contribution in [3.05, 3.63) is 58.1 Å². The van der Waals surface area contributed by atoms with E-state index in [1.807, 2.05) is 23.7 Å². The van der Waals surface area contributed by atoms with E-state index in [0.29, 0.717) is 26.8 Å². The van der Waals surface area contributed by atoms with Crippen LogP contribution in [0.1, 0.15) is 25.3 Å². The number of hydrogen-bond donors (Lipinski definition) is 1. The number of thioether (sulfide) groups is 1. The molecule has 0 saturated carbocycles. The van der Waals surface area contributed by atoms with Gasteiger partial charge in [-0.05, 0) is 23.6 Å². The van der Waals surface area contributed by atoms with Gasteiger partial charge in [-0.1, -0.05) is 79.1 Å². The molecule has 1 heterocycles. The number of nitrogens with zero attached hydrogens (tertiary/aromatic N) is 3. The normalized spacial score (nSPS) is 11.1. The number of nitrogens with one attached hydrogen (secondary N) is 1. The van der Waals surface area contributed by atoms with Gasteiger partial charge in [-0.25, -0.2) is 0 Å². The van der Waals surface area contributed by atoms with Gasteiger partial charge < -0.3 is 9.88 Å². The van der Waals surface area contributed by atoms with Crippen LogP contribution >= 0.6 is 35.0 Å². The van der Waals surface area contributed by atoms with Crippen molar-refractivity contribution in [1.29, 1.82) is 0 Å². The van der Waals surface area contributed by atoms with Crippen molar-refractivity contribution in [2.75, 3.05) is 11.1 Å². The van der Waals surface area contributed by atoms with Crippen LogP contribution in [0.3, 0.4) is 0 Å². The lowest BCUT2D eigenvalue weighted by Gasteiger charge is -2.08. The summed E-state index contributed by atoms with van der Waals surface area (Å²) in [7, 11) is 1.89. The number of carbonyl (C=O) groups excluding carboxylic acids is 1. The van der Waals surface area contributed by atoms with Crippen LogP contribution in [0, 0.1) is 0 Å². The van der Waals surface area contributed by atoms with E-state index in [1.54, 1.807) is 18.2 Å². The fraction of sp³-hybridized carbons (Fsp3) is 0.250. The Bertz CT molecular complexity index is 986. The van der Waals surface area contributed by atoms with Gasteiger partial charge in [0.05, 0.1) is 21.5 Å². The van der Waals surface area contributed by atoms with Gasteiger partial charge in [0.15, 0.2) is 11.0 Å². The summed E-state index contributed by atoms with van der Waals surface area (Å²) in [5.74, 6) is 1.23. The highest BCUT2D eigenvalue weighted by Crippen LogP contribution is 2.30. The van der Waals surface area contributed by atoms with E-state index in [0.717, 1.165) is 11.4 Å². The van der Waals surface area contributed by atoms with Crippen molar-refractivity contribution >= 4 is 46.6 Å². The second kappa shape index (κ2) is 8.99. The predicted molar refractivity (Wildman–Crippen MR) is 116 cm³/mol. The number of benzene rings is 2. The van der Waals surface area contributed by atoms with E-state index in [9.17, 15) is 4.79 Å². The zero-order valence-electron chi connectivity index (χ0n) is 15.7. The predicted octanol–water partition coefficient (Wildman–Crippen LogP) is 5.64. The maximum Gasteiger partial charge on any atom is 0.234 e. The standard InChI is InChI=1S/C20H20Cl2N4OS/c1-12(2)13-7-9-14(10-8-13)19-24-25-20(26(19)3)28-11-17(27)23-16-6-4-5-15(21)18(16)22/h4-10,12H,11H2,1-3H3,(H,23,27). The van der Waals surface area contributed by atoms with Crippen LogP contribution < -0.4 is 5.32 Å². The first-order chi connectivity index (χ1) is 13.4. The molecule has 0 unspecified atom stereocenters. The fourth-order valence-corrected chi connectivity index (χ4v) is 3.68. The molecule has 0 spiro atoms. The quantitative estimate of drug-likeness (QED) is 0.509. The van der Waals surface area contributed by atoms with E-state index in [4.69, 9.17) is 23.2 Å². The number of aromatic nitrogens is 3. The second-order valence-corrected chi connectivity index (χ2v) is 8.31. The molecule has 0 saturated heterocycles. The number of amides is 1. The van der Waals surface area contributed by atoms with Crippen molar-refractivity contribution in [3.63, 3.8) is 0 Å². The van der Waals surface area contributed by atoms with Crippen LogP contribution in [0.25, 0.3) is 11.4 Å². The number of anilines is 1. The first-order valence-corrected chi connectivity index (χ1v) is 10.5. The van der Waals surface area contributed by atoms with Gasteiger partial charge in [0.25, 0.3) is 0 Å². The zero-order valence-corrected chi connectivity index (χ0v) is 18.1. The highest BCUT2D eigenvalue weighted by atomic mass is 35.5. The van der Waals surface area contributed by atoms with Gasteiger partial charge >= 0.3 is 0 Å². The van der Waals surface area contributed by atoms with Crippen LogP contribution in [0.15, 0.2) is 47.6 Å². The molecule has 8 heteroatoms. The highest BCUT2D eigenvalue weighted by Gasteiger charge is 2.14. The summed E-state index contributed by atoms with van der Waals surface area (Å²) in [6.45, 7) is 4.32. The number of halogens is 2. The SMILES string of the molecule is CC(C)c1ccc(-c2nnc(SCC(=O)Nc3cccc(Cl)c3Cl)n2C)cc1. The van der Waals surface area contributed by atoms with Crippen LogP contribution in [-0.4, -0.2) is 26.4 Å². The maximum atomic E-state index is 12.2. The lowest BCUT2D eigenvalue weighted by atomic mass is 10.0. The average Bonchev–Trinajstić information content (AvgIpc) is 3.04. The molecule has 0 radical (unpaired) electrons. The molecule has 0 bridgehead atoms. The minimum atomic E-state index is -0.194. The molecule has 1 amide bonds. The first kappa shape index (κ1) is 20.7. The molecule has 3 aromatic rings.